The predicted molar refractivity (Wildman–Crippen MR) is 79.9 cm³/mol. The second kappa shape index (κ2) is 8.19. The van der Waals surface area contributed by atoms with Gasteiger partial charge in [-0.25, -0.2) is 0 Å². The zero-order valence-corrected chi connectivity index (χ0v) is 13.3. The molecule has 1 atom stereocenters. The second-order valence-corrected chi connectivity index (χ2v) is 6.00. The molecule has 1 rings (SSSR count). The highest BCUT2D eigenvalue weighted by Gasteiger charge is 2.14. The summed E-state index contributed by atoms with van der Waals surface area (Å²) in [6.07, 6.45) is 1.03. The molecule has 0 spiro atoms. The van der Waals surface area contributed by atoms with Crippen molar-refractivity contribution in [2.24, 2.45) is 5.92 Å². The van der Waals surface area contributed by atoms with Crippen molar-refractivity contribution in [3.8, 4) is 6.01 Å². The molecule has 5 nitrogen and oxygen atoms in total. The van der Waals surface area contributed by atoms with E-state index in [9.17, 15) is 0 Å². The standard InChI is InChI=1S/C13H24N4OS/c1-6-8-14-11-15-12(18-7-2)17-13(16-11)19-10(5)9(3)4/h9-10H,6-8H2,1-5H3,(H,14,15,16,17). The summed E-state index contributed by atoms with van der Waals surface area (Å²) < 4.78 is 5.39. The number of nitrogens with zero attached hydrogens (tertiary/aromatic N) is 3. The van der Waals surface area contributed by atoms with Gasteiger partial charge < -0.3 is 10.1 Å². The Morgan fingerprint density at radius 3 is 2.47 bits per heavy atom. The molecule has 108 valence electrons. The molecule has 0 bridgehead atoms. The number of thioether (sulfide) groups is 1. The largest absolute Gasteiger partial charge is 0.464 e. The summed E-state index contributed by atoms with van der Waals surface area (Å²) in [5, 5.41) is 4.36. The number of ether oxygens (including phenoxy) is 1. The van der Waals surface area contributed by atoms with Crippen LogP contribution in [0.1, 0.15) is 41.0 Å². The molecule has 0 fully saturated rings. The van der Waals surface area contributed by atoms with E-state index in [4.69, 9.17) is 4.74 Å². The van der Waals surface area contributed by atoms with E-state index in [1.165, 1.54) is 0 Å². The fourth-order valence-corrected chi connectivity index (χ4v) is 2.08. The Kier molecular flexibility index (Phi) is 6.91. The Labute approximate surface area is 120 Å². The maximum Gasteiger partial charge on any atom is 0.322 e. The molecule has 6 heteroatoms. The summed E-state index contributed by atoms with van der Waals surface area (Å²) in [5.74, 6) is 1.17. The lowest BCUT2D eigenvalue weighted by Crippen LogP contribution is -2.11. The van der Waals surface area contributed by atoms with Gasteiger partial charge in [0.25, 0.3) is 0 Å². The molecule has 19 heavy (non-hydrogen) atoms. The number of hydrogen-bond donors (Lipinski definition) is 1. The van der Waals surface area contributed by atoms with Crippen LogP contribution in [0.4, 0.5) is 5.95 Å². The molecule has 0 amide bonds. The average molecular weight is 284 g/mol. The van der Waals surface area contributed by atoms with Gasteiger partial charge in [-0.15, -0.1) is 0 Å². The van der Waals surface area contributed by atoms with Gasteiger partial charge in [-0.1, -0.05) is 39.5 Å². The molecule has 0 saturated carbocycles. The number of hydrogen-bond acceptors (Lipinski definition) is 6. The van der Waals surface area contributed by atoms with E-state index in [-0.39, 0.29) is 0 Å². The highest BCUT2D eigenvalue weighted by atomic mass is 32.2. The first kappa shape index (κ1) is 16.0. The van der Waals surface area contributed by atoms with Gasteiger partial charge in [0.2, 0.25) is 5.95 Å². The smallest absolute Gasteiger partial charge is 0.322 e. The van der Waals surface area contributed by atoms with Gasteiger partial charge in [0.05, 0.1) is 6.61 Å². The van der Waals surface area contributed by atoms with Crippen molar-refractivity contribution < 1.29 is 4.74 Å². The predicted octanol–water partition coefficient (Wildman–Crippen LogP) is 3.23. The molecular formula is C13H24N4OS. The van der Waals surface area contributed by atoms with Crippen LogP contribution in [0.15, 0.2) is 5.16 Å². The van der Waals surface area contributed by atoms with E-state index < -0.39 is 0 Å². The lowest BCUT2D eigenvalue weighted by Gasteiger charge is -2.14. The van der Waals surface area contributed by atoms with Crippen LogP contribution in [0.2, 0.25) is 0 Å². The molecular weight excluding hydrogens is 260 g/mol. The van der Waals surface area contributed by atoms with E-state index in [1.807, 2.05) is 6.92 Å². The molecule has 1 aromatic rings. The summed E-state index contributed by atoms with van der Waals surface area (Å²) in [5.41, 5.74) is 0. The number of aromatic nitrogens is 3. The molecule has 0 radical (unpaired) electrons. The first-order valence-electron chi connectivity index (χ1n) is 6.86. The van der Waals surface area contributed by atoms with Gasteiger partial charge in [-0.05, 0) is 19.3 Å². The zero-order chi connectivity index (χ0) is 14.3. The summed E-state index contributed by atoms with van der Waals surface area (Å²) in [7, 11) is 0. The topological polar surface area (TPSA) is 59.9 Å². The van der Waals surface area contributed by atoms with Crippen LogP contribution >= 0.6 is 11.8 Å². The van der Waals surface area contributed by atoms with Crippen molar-refractivity contribution >= 4 is 17.7 Å². The highest BCUT2D eigenvalue weighted by molar-refractivity contribution is 7.99. The molecule has 1 N–H and O–H groups in total. The van der Waals surface area contributed by atoms with Crippen LogP contribution in [0.25, 0.3) is 0 Å². The van der Waals surface area contributed by atoms with Gasteiger partial charge in [0.1, 0.15) is 0 Å². The van der Waals surface area contributed by atoms with Crippen molar-refractivity contribution in [2.45, 2.75) is 51.4 Å². The summed E-state index contributed by atoms with van der Waals surface area (Å²) in [4.78, 5) is 13.0. The van der Waals surface area contributed by atoms with Gasteiger partial charge in [-0.3, -0.25) is 0 Å². The van der Waals surface area contributed by atoms with E-state index in [0.717, 1.165) is 18.1 Å². The maximum absolute atomic E-state index is 5.39. The molecule has 0 saturated heterocycles. The fourth-order valence-electron chi connectivity index (χ4n) is 1.20. The normalized spacial score (nSPS) is 12.5. The first-order valence-corrected chi connectivity index (χ1v) is 7.74. The summed E-state index contributed by atoms with van der Waals surface area (Å²) >= 11 is 1.66. The van der Waals surface area contributed by atoms with E-state index in [1.54, 1.807) is 11.8 Å². The number of nitrogens with one attached hydrogen (secondary N) is 1. The third kappa shape index (κ3) is 5.63. The summed E-state index contributed by atoms with van der Waals surface area (Å²) in [6.45, 7) is 12.0. The van der Waals surface area contributed by atoms with Gasteiger partial charge in [-0.2, -0.15) is 15.0 Å². The Morgan fingerprint density at radius 2 is 1.89 bits per heavy atom. The first-order chi connectivity index (χ1) is 9.06. The van der Waals surface area contributed by atoms with Crippen LogP contribution < -0.4 is 10.1 Å². The lowest BCUT2D eigenvalue weighted by atomic mass is 10.2. The van der Waals surface area contributed by atoms with Gasteiger partial charge in [0.15, 0.2) is 5.16 Å². The lowest BCUT2D eigenvalue weighted by molar-refractivity contribution is 0.308. The van der Waals surface area contributed by atoms with Crippen LogP contribution in [0.5, 0.6) is 6.01 Å². The molecule has 0 aromatic carbocycles. The molecule has 1 unspecified atom stereocenters. The highest BCUT2D eigenvalue weighted by Crippen LogP contribution is 2.26. The number of rotatable bonds is 8. The van der Waals surface area contributed by atoms with Crippen LogP contribution in [0, 0.1) is 5.92 Å². The molecule has 0 aliphatic rings. The molecule has 0 aliphatic heterocycles. The maximum atomic E-state index is 5.39. The Bertz CT molecular complexity index is 387. The van der Waals surface area contributed by atoms with E-state index in [0.29, 0.717) is 29.7 Å². The minimum Gasteiger partial charge on any atom is -0.464 e. The monoisotopic (exact) mass is 284 g/mol. The van der Waals surface area contributed by atoms with Crippen molar-refractivity contribution in [3.63, 3.8) is 0 Å². The quantitative estimate of drug-likeness (QED) is 0.740. The molecule has 0 aliphatic carbocycles. The minimum absolute atomic E-state index is 0.398. The Balaban J connectivity index is 2.85. The van der Waals surface area contributed by atoms with Crippen LogP contribution in [0.3, 0.4) is 0 Å². The Morgan fingerprint density at radius 1 is 1.16 bits per heavy atom. The fraction of sp³-hybridized carbons (Fsp3) is 0.769. The van der Waals surface area contributed by atoms with E-state index in [2.05, 4.69) is 48.0 Å². The molecule has 1 heterocycles. The van der Waals surface area contributed by atoms with Crippen LogP contribution in [-0.4, -0.2) is 33.4 Å². The average Bonchev–Trinajstić information content (AvgIpc) is 2.36. The van der Waals surface area contributed by atoms with Crippen molar-refractivity contribution in [1.82, 2.24) is 15.0 Å². The Hall–Kier alpha value is -1.04. The zero-order valence-electron chi connectivity index (χ0n) is 12.4. The molecule has 1 aromatic heterocycles. The van der Waals surface area contributed by atoms with E-state index >= 15 is 0 Å². The van der Waals surface area contributed by atoms with Crippen molar-refractivity contribution in [2.75, 3.05) is 18.5 Å². The van der Waals surface area contributed by atoms with Crippen LogP contribution in [-0.2, 0) is 0 Å². The minimum atomic E-state index is 0.398. The third-order valence-electron chi connectivity index (χ3n) is 2.63. The van der Waals surface area contributed by atoms with Crippen molar-refractivity contribution in [3.05, 3.63) is 0 Å². The van der Waals surface area contributed by atoms with Gasteiger partial charge >= 0.3 is 6.01 Å². The van der Waals surface area contributed by atoms with Crippen molar-refractivity contribution in [1.29, 1.82) is 0 Å². The number of anilines is 1. The second-order valence-electron chi connectivity index (χ2n) is 4.65. The summed E-state index contributed by atoms with van der Waals surface area (Å²) in [6, 6.07) is 0.398. The third-order valence-corrected chi connectivity index (χ3v) is 3.94. The SMILES string of the molecule is CCCNc1nc(OCC)nc(SC(C)C(C)C)n1. The van der Waals surface area contributed by atoms with Gasteiger partial charge in [0, 0.05) is 11.8 Å².